The lowest BCUT2D eigenvalue weighted by atomic mass is 10.1. The molecule has 1 fully saturated rings. The quantitative estimate of drug-likeness (QED) is 0.441. The van der Waals surface area contributed by atoms with E-state index in [4.69, 9.17) is 24.5 Å². The van der Waals surface area contributed by atoms with Crippen molar-refractivity contribution in [3.05, 3.63) is 71.4 Å². The number of nitrogens with zero attached hydrogens (tertiary/aromatic N) is 6. The maximum Gasteiger partial charge on any atom is 0.229 e. The summed E-state index contributed by atoms with van der Waals surface area (Å²) in [6.07, 6.45) is 0.877. The first-order valence-electron chi connectivity index (χ1n) is 11.8. The maximum atomic E-state index is 5.57. The molecule has 1 saturated heterocycles. The fraction of sp³-hybridized carbons (Fsp3) is 0.346. The molecule has 2 aromatic heterocycles. The zero-order valence-corrected chi connectivity index (χ0v) is 19.4. The summed E-state index contributed by atoms with van der Waals surface area (Å²) in [4.78, 5) is 14.7. The standard InChI is InChI=1S/C26H28N6O2/c1-33-21-9-7-20(8-10-21)17-31-12-11-22-23-24(31)27-26(30-13-15-34-16-14-30)28-25(23)32(29-22)18-19-5-3-2-4-6-19/h2-10H,11-18H2,1H3. The van der Waals surface area contributed by atoms with Crippen molar-refractivity contribution in [1.29, 1.82) is 0 Å². The summed E-state index contributed by atoms with van der Waals surface area (Å²) in [5, 5.41) is 6.07. The van der Waals surface area contributed by atoms with Gasteiger partial charge in [-0.15, -0.1) is 0 Å². The summed E-state index contributed by atoms with van der Waals surface area (Å²) in [5.41, 5.74) is 4.42. The van der Waals surface area contributed by atoms with Crippen LogP contribution in [0.1, 0.15) is 16.8 Å². The molecule has 2 aliphatic rings. The first-order chi connectivity index (χ1) is 16.8. The van der Waals surface area contributed by atoms with Gasteiger partial charge in [-0.2, -0.15) is 15.1 Å². The molecule has 2 aromatic carbocycles. The van der Waals surface area contributed by atoms with E-state index in [2.05, 4.69) is 46.2 Å². The lowest BCUT2D eigenvalue weighted by Gasteiger charge is -2.31. The Labute approximate surface area is 198 Å². The molecule has 0 unspecified atom stereocenters. The van der Waals surface area contributed by atoms with E-state index in [0.717, 1.165) is 66.8 Å². The Hall–Kier alpha value is -3.65. The minimum absolute atomic E-state index is 0.689. The van der Waals surface area contributed by atoms with Crippen LogP contribution in [0.15, 0.2) is 54.6 Å². The van der Waals surface area contributed by atoms with E-state index >= 15 is 0 Å². The van der Waals surface area contributed by atoms with E-state index in [0.29, 0.717) is 19.8 Å². The third-order valence-corrected chi connectivity index (χ3v) is 6.55. The van der Waals surface area contributed by atoms with Gasteiger partial charge >= 0.3 is 0 Å². The first kappa shape index (κ1) is 20.9. The maximum absolute atomic E-state index is 5.57. The molecule has 0 saturated carbocycles. The molecule has 174 valence electrons. The van der Waals surface area contributed by atoms with Gasteiger partial charge in [-0.25, -0.2) is 4.68 Å². The average Bonchev–Trinajstić information content (AvgIpc) is 3.25. The molecule has 8 heteroatoms. The Balaban J connectivity index is 1.42. The number of ether oxygens (including phenoxy) is 2. The molecule has 34 heavy (non-hydrogen) atoms. The monoisotopic (exact) mass is 456 g/mol. The Bertz CT molecular complexity index is 1280. The van der Waals surface area contributed by atoms with Gasteiger partial charge in [0.1, 0.15) is 11.6 Å². The van der Waals surface area contributed by atoms with Gasteiger partial charge in [0, 0.05) is 32.6 Å². The molecule has 0 N–H and O–H groups in total. The van der Waals surface area contributed by atoms with E-state index in [1.54, 1.807) is 7.11 Å². The van der Waals surface area contributed by atoms with Gasteiger partial charge in [-0.3, -0.25) is 0 Å². The van der Waals surface area contributed by atoms with Crippen molar-refractivity contribution in [3.8, 4) is 5.75 Å². The van der Waals surface area contributed by atoms with Crippen LogP contribution in [0, 0.1) is 0 Å². The molecule has 4 aromatic rings. The predicted molar refractivity (Wildman–Crippen MR) is 132 cm³/mol. The topological polar surface area (TPSA) is 68.5 Å². The molecule has 0 radical (unpaired) electrons. The second-order valence-corrected chi connectivity index (χ2v) is 8.75. The van der Waals surface area contributed by atoms with Gasteiger partial charge in [0.25, 0.3) is 0 Å². The first-order valence-corrected chi connectivity index (χ1v) is 11.8. The SMILES string of the molecule is COc1ccc(CN2CCc3nn(Cc4ccccc4)c4nc(N5CCOCC5)nc2c34)cc1. The highest BCUT2D eigenvalue weighted by Crippen LogP contribution is 2.35. The van der Waals surface area contributed by atoms with Crippen molar-refractivity contribution in [1.82, 2.24) is 19.7 Å². The molecular weight excluding hydrogens is 428 g/mol. The summed E-state index contributed by atoms with van der Waals surface area (Å²) in [5.74, 6) is 2.60. The second-order valence-electron chi connectivity index (χ2n) is 8.75. The van der Waals surface area contributed by atoms with Crippen LogP contribution in [0.4, 0.5) is 11.8 Å². The third-order valence-electron chi connectivity index (χ3n) is 6.55. The largest absolute Gasteiger partial charge is 0.497 e. The highest BCUT2D eigenvalue weighted by Gasteiger charge is 2.28. The van der Waals surface area contributed by atoms with Crippen LogP contribution in [0.5, 0.6) is 5.75 Å². The van der Waals surface area contributed by atoms with Crippen molar-refractivity contribution in [2.75, 3.05) is 49.8 Å². The molecule has 0 spiro atoms. The molecule has 4 heterocycles. The number of anilines is 2. The Morgan fingerprint density at radius 2 is 1.65 bits per heavy atom. The van der Waals surface area contributed by atoms with Crippen molar-refractivity contribution >= 4 is 22.8 Å². The van der Waals surface area contributed by atoms with E-state index in [1.165, 1.54) is 11.1 Å². The second kappa shape index (κ2) is 8.95. The minimum Gasteiger partial charge on any atom is -0.497 e. The van der Waals surface area contributed by atoms with Crippen LogP contribution in [-0.2, 0) is 24.2 Å². The molecule has 0 aliphatic carbocycles. The van der Waals surface area contributed by atoms with Crippen LogP contribution in [0.2, 0.25) is 0 Å². The van der Waals surface area contributed by atoms with Crippen LogP contribution in [0.3, 0.4) is 0 Å². The average molecular weight is 457 g/mol. The summed E-state index contributed by atoms with van der Waals surface area (Å²) < 4.78 is 12.9. The molecule has 6 rings (SSSR count). The summed E-state index contributed by atoms with van der Waals surface area (Å²) >= 11 is 0. The van der Waals surface area contributed by atoms with Gasteiger partial charge < -0.3 is 19.3 Å². The van der Waals surface area contributed by atoms with Gasteiger partial charge in [0.15, 0.2) is 5.65 Å². The zero-order chi connectivity index (χ0) is 22.9. The predicted octanol–water partition coefficient (Wildman–Crippen LogP) is 3.28. The molecular formula is C26H28N6O2. The molecule has 0 atom stereocenters. The molecule has 8 nitrogen and oxygen atoms in total. The fourth-order valence-corrected chi connectivity index (χ4v) is 4.74. The van der Waals surface area contributed by atoms with Crippen molar-refractivity contribution in [2.24, 2.45) is 0 Å². The summed E-state index contributed by atoms with van der Waals surface area (Å²) in [6.45, 7) is 5.32. The summed E-state index contributed by atoms with van der Waals surface area (Å²) in [7, 11) is 1.69. The summed E-state index contributed by atoms with van der Waals surface area (Å²) in [6, 6.07) is 18.7. The highest BCUT2D eigenvalue weighted by atomic mass is 16.5. The Morgan fingerprint density at radius 3 is 2.41 bits per heavy atom. The van der Waals surface area contributed by atoms with Gasteiger partial charge in [-0.05, 0) is 23.3 Å². The van der Waals surface area contributed by atoms with E-state index in [1.807, 2.05) is 22.9 Å². The number of aromatic nitrogens is 4. The zero-order valence-electron chi connectivity index (χ0n) is 19.4. The molecule has 0 bridgehead atoms. The van der Waals surface area contributed by atoms with E-state index in [-0.39, 0.29) is 0 Å². The molecule has 0 amide bonds. The van der Waals surface area contributed by atoms with E-state index < -0.39 is 0 Å². The molecule has 2 aliphatic heterocycles. The highest BCUT2D eigenvalue weighted by molar-refractivity contribution is 5.92. The van der Waals surface area contributed by atoms with Gasteiger partial charge in [0.2, 0.25) is 5.95 Å². The van der Waals surface area contributed by atoms with Crippen LogP contribution >= 0.6 is 0 Å². The fourth-order valence-electron chi connectivity index (χ4n) is 4.74. The Kier molecular flexibility index (Phi) is 5.50. The normalized spacial score (nSPS) is 15.7. The number of benzene rings is 2. The minimum atomic E-state index is 0.689. The van der Waals surface area contributed by atoms with Crippen LogP contribution < -0.4 is 14.5 Å². The third kappa shape index (κ3) is 3.94. The van der Waals surface area contributed by atoms with Crippen LogP contribution in [0.25, 0.3) is 11.0 Å². The van der Waals surface area contributed by atoms with Gasteiger partial charge in [0.05, 0.1) is 37.9 Å². The Morgan fingerprint density at radius 1 is 0.882 bits per heavy atom. The smallest absolute Gasteiger partial charge is 0.229 e. The lowest BCUT2D eigenvalue weighted by molar-refractivity contribution is 0.122. The number of rotatable bonds is 6. The number of methoxy groups -OCH3 is 1. The van der Waals surface area contributed by atoms with E-state index in [9.17, 15) is 0 Å². The number of hydrogen-bond donors (Lipinski definition) is 0. The van der Waals surface area contributed by atoms with Gasteiger partial charge in [-0.1, -0.05) is 42.5 Å². The lowest BCUT2D eigenvalue weighted by Crippen LogP contribution is -2.38. The van der Waals surface area contributed by atoms with Crippen LogP contribution in [-0.4, -0.2) is 59.7 Å². The van der Waals surface area contributed by atoms with Crippen molar-refractivity contribution < 1.29 is 9.47 Å². The number of hydrogen-bond acceptors (Lipinski definition) is 7. The number of morpholine rings is 1. The van der Waals surface area contributed by atoms with Crippen molar-refractivity contribution in [2.45, 2.75) is 19.5 Å². The van der Waals surface area contributed by atoms with Crippen molar-refractivity contribution in [3.63, 3.8) is 0 Å².